The van der Waals surface area contributed by atoms with Gasteiger partial charge in [-0.2, -0.15) is 5.75 Å². The second kappa shape index (κ2) is 15.0. The minimum atomic E-state index is 0. The van der Waals surface area contributed by atoms with Crippen molar-refractivity contribution in [1.29, 1.82) is 0 Å². The maximum atomic E-state index is 7.06. The number of ether oxygens (including phenoxy) is 2. The van der Waals surface area contributed by atoms with Gasteiger partial charge < -0.3 is 27.8 Å². The van der Waals surface area contributed by atoms with Crippen LogP contribution in [0.4, 0.5) is 0 Å². The van der Waals surface area contributed by atoms with Crippen LogP contribution in [0.2, 0.25) is 0 Å². The molecular weight excluding hydrogens is 534 g/mol. The first-order valence-corrected chi connectivity index (χ1v) is 9.57. The third-order valence-electron chi connectivity index (χ3n) is 3.29. The molecule has 0 bridgehead atoms. The Morgan fingerprint density at radius 1 is 1.12 bits per heavy atom. The van der Waals surface area contributed by atoms with Crippen LogP contribution < -0.4 is 9.47 Å². The van der Waals surface area contributed by atoms with E-state index in [0.717, 1.165) is 17.5 Å². The molecule has 2 rings (SSSR count). The fourth-order valence-electron chi connectivity index (χ4n) is 1.97. The Kier molecular flexibility index (Phi) is 14.4. The molecule has 0 saturated carbocycles. The molecule has 0 unspecified atom stereocenters. The van der Waals surface area contributed by atoms with Gasteiger partial charge in [0.15, 0.2) is 11.5 Å². The fraction of sp³-hybridized carbons (Fsp3) is 0.300. The minimum absolute atomic E-state index is 0. The number of nitrogens with one attached hydrogen (secondary N) is 1. The molecule has 0 amide bonds. The van der Waals surface area contributed by atoms with Crippen LogP contribution in [-0.4, -0.2) is 25.7 Å². The van der Waals surface area contributed by atoms with Gasteiger partial charge in [0, 0.05) is 4.90 Å². The Morgan fingerprint density at radius 3 is 2.27 bits per heavy atom. The van der Waals surface area contributed by atoms with Gasteiger partial charge in [0.2, 0.25) is 0 Å². The van der Waals surface area contributed by atoms with Crippen molar-refractivity contribution in [3.8, 4) is 23.8 Å². The summed E-state index contributed by atoms with van der Waals surface area (Å²) in [6.45, 7) is 0.630. The van der Waals surface area contributed by atoms with E-state index in [2.05, 4.69) is 24.3 Å². The number of rotatable bonds is 7. The third-order valence-corrected chi connectivity index (χ3v) is 4.24. The van der Waals surface area contributed by atoms with Crippen LogP contribution in [0.3, 0.4) is 0 Å². The maximum Gasteiger partial charge on any atom is 2.00 e. The molecule has 0 aromatic heterocycles. The van der Waals surface area contributed by atoms with E-state index in [9.17, 15) is 0 Å². The molecule has 1 N–H and O–H groups in total. The van der Waals surface area contributed by atoms with E-state index < -0.39 is 0 Å². The van der Waals surface area contributed by atoms with E-state index in [1.807, 2.05) is 30.3 Å². The molecule has 0 aliphatic heterocycles. The average Bonchev–Trinajstić information content (AvgIpc) is 2.67. The molecule has 0 fully saturated rings. The number of methoxy groups -OCH3 is 1. The van der Waals surface area contributed by atoms with Crippen LogP contribution >= 0.6 is 11.8 Å². The summed E-state index contributed by atoms with van der Waals surface area (Å²) in [5.74, 6) is 4.49. The SMILES string of the molecule is C#CCOc1ccc(CC[S-])cc1OC.CSc1ccc(C[NH-])cc1.[W+2]. The Morgan fingerprint density at radius 2 is 1.77 bits per heavy atom. The Bertz CT molecular complexity index is 650. The topological polar surface area (TPSA) is 42.3 Å². The number of thioether (sulfide) groups is 1. The summed E-state index contributed by atoms with van der Waals surface area (Å²) in [6, 6.07) is 13.9. The molecule has 2 aromatic carbocycles. The molecule has 0 atom stereocenters. The van der Waals surface area contributed by atoms with Crippen molar-refractivity contribution in [1.82, 2.24) is 0 Å². The van der Waals surface area contributed by atoms with Crippen molar-refractivity contribution in [2.75, 3.05) is 25.7 Å². The summed E-state index contributed by atoms with van der Waals surface area (Å²) in [4.78, 5) is 1.26. The van der Waals surface area contributed by atoms with E-state index in [4.69, 9.17) is 34.3 Å². The van der Waals surface area contributed by atoms with Crippen LogP contribution in [0.15, 0.2) is 47.4 Å². The normalized spacial score (nSPS) is 9.19. The second-order valence-electron chi connectivity index (χ2n) is 4.96. The third kappa shape index (κ3) is 9.05. The molecular formula is C20H23NO2S2W. The molecule has 26 heavy (non-hydrogen) atoms. The largest absolute Gasteiger partial charge is 2.00 e. The molecule has 0 aliphatic rings. The van der Waals surface area contributed by atoms with E-state index in [-0.39, 0.29) is 27.7 Å². The van der Waals surface area contributed by atoms with Gasteiger partial charge in [-0.05, 0) is 42.5 Å². The first-order valence-electron chi connectivity index (χ1n) is 7.77. The molecule has 0 spiro atoms. The molecule has 0 saturated heterocycles. The first kappa shape index (κ1) is 24.9. The van der Waals surface area contributed by atoms with Gasteiger partial charge >= 0.3 is 21.1 Å². The van der Waals surface area contributed by atoms with Crippen LogP contribution in [0.25, 0.3) is 5.73 Å². The minimum Gasteiger partial charge on any atom is -0.792 e. The van der Waals surface area contributed by atoms with Crippen molar-refractivity contribution >= 4 is 24.4 Å². The van der Waals surface area contributed by atoms with Gasteiger partial charge in [-0.3, -0.25) is 0 Å². The number of terminal acetylenes is 1. The smallest absolute Gasteiger partial charge is 0.792 e. The fourth-order valence-corrected chi connectivity index (χ4v) is 2.61. The molecule has 0 radical (unpaired) electrons. The van der Waals surface area contributed by atoms with Gasteiger partial charge in [0.1, 0.15) is 6.61 Å². The molecule has 138 valence electrons. The Balaban J connectivity index is 0.000000497. The van der Waals surface area contributed by atoms with E-state index in [1.54, 1.807) is 18.9 Å². The molecule has 2 aromatic rings. The zero-order valence-electron chi connectivity index (χ0n) is 15.0. The summed E-state index contributed by atoms with van der Waals surface area (Å²) in [7, 11) is 1.61. The average molecular weight is 557 g/mol. The van der Waals surface area contributed by atoms with E-state index >= 15 is 0 Å². The second-order valence-corrected chi connectivity index (χ2v) is 6.24. The number of benzene rings is 2. The quantitative estimate of drug-likeness (QED) is 0.280. The van der Waals surface area contributed by atoms with Crippen LogP contribution in [0, 0.1) is 12.3 Å². The predicted octanol–water partition coefficient (Wildman–Crippen LogP) is 4.75. The van der Waals surface area contributed by atoms with Crippen LogP contribution in [0.1, 0.15) is 11.1 Å². The summed E-state index contributed by atoms with van der Waals surface area (Å²) in [5, 5.41) is 0. The number of hydrogen-bond acceptors (Lipinski definition) is 4. The summed E-state index contributed by atoms with van der Waals surface area (Å²) >= 11 is 6.64. The molecule has 6 heteroatoms. The van der Waals surface area contributed by atoms with Gasteiger partial charge in [-0.1, -0.05) is 29.7 Å². The summed E-state index contributed by atoms with van der Waals surface area (Å²) < 4.78 is 10.5. The Labute approximate surface area is 181 Å². The summed E-state index contributed by atoms with van der Waals surface area (Å²) in [6.07, 6.45) is 8.03. The zero-order valence-corrected chi connectivity index (χ0v) is 19.6. The predicted molar refractivity (Wildman–Crippen MR) is 110 cm³/mol. The molecule has 3 nitrogen and oxygen atoms in total. The van der Waals surface area contributed by atoms with Crippen LogP contribution in [-0.2, 0) is 46.7 Å². The summed E-state index contributed by atoms with van der Waals surface area (Å²) in [5.41, 5.74) is 9.29. The zero-order chi connectivity index (χ0) is 18.5. The standard InChI is InChI=1S/C12H14O2S.C8H10NS.W/c1-3-7-14-11-5-4-10(6-8-15)9-12(11)13-2;1-10-8-4-2-7(6-9)3-5-8;/h1,4-5,9,15H,6-8H2,2H3;2-5,9H,6H2,1H3;/q;-1;+2/p-1. The van der Waals surface area contributed by atoms with Crippen molar-refractivity contribution in [3.63, 3.8) is 0 Å². The number of aryl methyl sites for hydroxylation is 1. The van der Waals surface area contributed by atoms with Crippen molar-refractivity contribution in [3.05, 3.63) is 59.3 Å². The maximum absolute atomic E-state index is 7.06. The molecule has 0 aliphatic carbocycles. The monoisotopic (exact) mass is 557 g/mol. The van der Waals surface area contributed by atoms with Crippen molar-refractivity contribution < 1.29 is 30.5 Å². The van der Waals surface area contributed by atoms with Gasteiger partial charge in [0.05, 0.1) is 7.11 Å². The van der Waals surface area contributed by atoms with Gasteiger partial charge in [-0.25, -0.2) is 0 Å². The van der Waals surface area contributed by atoms with Gasteiger partial charge in [-0.15, -0.1) is 24.7 Å². The van der Waals surface area contributed by atoms with Gasteiger partial charge in [0.25, 0.3) is 0 Å². The molecule has 0 heterocycles. The van der Waals surface area contributed by atoms with E-state index in [0.29, 0.717) is 23.8 Å². The number of hydrogen-bond donors (Lipinski definition) is 0. The van der Waals surface area contributed by atoms with E-state index in [1.165, 1.54) is 4.90 Å². The van der Waals surface area contributed by atoms with Crippen LogP contribution in [0.5, 0.6) is 11.5 Å². The Hall–Kier alpha value is -1.05. The van der Waals surface area contributed by atoms with Crippen molar-refractivity contribution in [2.45, 2.75) is 17.9 Å². The van der Waals surface area contributed by atoms with Crippen molar-refractivity contribution in [2.24, 2.45) is 0 Å². The first-order chi connectivity index (χ1) is 12.2.